The number of rotatable bonds is 6. The molecule has 0 radical (unpaired) electrons. The first-order valence-electron chi connectivity index (χ1n) is 12.0. The standard InChI is InChI=1S/C27H31N3O4/c1-28(2)27(34)21-11-7-19(8-12-21)18-5-9-20(10-6-18)26-22-14-29(24(32)13-17-3-4-17)15-25(33)30(22)23(26)16-31/h5-12,17,22-23,26,31H,3-4,13-16H2,1-2H3/t22-,23+,26+/m0/s1. The first kappa shape index (κ1) is 22.6. The maximum atomic E-state index is 12.8. The minimum atomic E-state index is -0.250. The molecular weight excluding hydrogens is 430 g/mol. The van der Waals surface area contributed by atoms with Gasteiger partial charge in [-0.3, -0.25) is 14.4 Å². The minimum absolute atomic E-state index is 0.000358. The van der Waals surface area contributed by atoms with Crippen molar-refractivity contribution < 1.29 is 19.5 Å². The van der Waals surface area contributed by atoms with Crippen molar-refractivity contribution in [1.82, 2.24) is 14.7 Å². The highest BCUT2D eigenvalue weighted by Gasteiger charge is 2.54. The fourth-order valence-electron chi connectivity index (χ4n) is 5.35. The molecule has 2 heterocycles. The highest BCUT2D eigenvalue weighted by atomic mass is 16.3. The molecule has 178 valence electrons. The molecule has 0 bridgehead atoms. The molecule has 34 heavy (non-hydrogen) atoms. The van der Waals surface area contributed by atoms with Gasteiger partial charge in [0.25, 0.3) is 5.91 Å². The van der Waals surface area contributed by atoms with Crippen LogP contribution in [0, 0.1) is 5.92 Å². The zero-order valence-corrected chi connectivity index (χ0v) is 19.7. The largest absolute Gasteiger partial charge is 0.394 e. The average molecular weight is 462 g/mol. The van der Waals surface area contributed by atoms with Gasteiger partial charge >= 0.3 is 0 Å². The Morgan fingerprint density at radius 3 is 2.18 bits per heavy atom. The number of aliphatic hydroxyl groups excluding tert-OH is 1. The Balaban J connectivity index is 1.32. The number of aliphatic hydroxyl groups is 1. The number of fused-ring (bicyclic) bond motifs is 1. The summed E-state index contributed by atoms with van der Waals surface area (Å²) >= 11 is 0. The van der Waals surface area contributed by atoms with E-state index in [1.54, 1.807) is 28.8 Å². The van der Waals surface area contributed by atoms with Gasteiger partial charge in [0, 0.05) is 38.5 Å². The van der Waals surface area contributed by atoms with Gasteiger partial charge in [-0.25, -0.2) is 0 Å². The van der Waals surface area contributed by atoms with Crippen molar-refractivity contribution >= 4 is 17.7 Å². The molecule has 3 fully saturated rings. The molecule has 7 heteroatoms. The molecule has 5 rings (SSSR count). The van der Waals surface area contributed by atoms with Gasteiger partial charge in [0.1, 0.15) is 0 Å². The second kappa shape index (κ2) is 8.87. The van der Waals surface area contributed by atoms with E-state index >= 15 is 0 Å². The van der Waals surface area contributed by atoms with E-state index in [2.05, 4.69) is 0 Å². The van der Waals surface area contributed by atoms with Crippen LogP contribution < -0.4 is 0 Å². The highest BCUT2D eigenvalue weighted by molar-refractivity contribution is 5.94. The molecular formula is C27H31N3O4. The second-order valence-corrected chi connectivity index (χ2v) is 9.96. The van der Waals surface area contributed by atoms with Gasteiger partial charge in [-0.1, -0.05) is 36.4 Å². The van der Waals surface area contributed by atoms with E-state index in [9.17, 15) is 19.5 Å². The summed E-state index contributed by atoms with van der Waals surface area (Å²) in [4.78, 5) is 42.6. The third-order valence-electron chi connectivity index (χ3n) is 7.43. The monoisotopic (exact) mass is 461 g/mol. The molecule has 2 saturated heterocycles. The lowest BCUT2D eigenvalue weighted by Gasteiger charge is -2.58. The predicted octanol–water partition coefficient (Wildman–Crippen LogP) is 2.35. The predicted molar refractivity (Wildman–Crippen MR) is 128 cm³/mol. The Labute approximate surface area is 200 Å². The van der Waals surface area contributed by atoms with Crippen LogP contribution in [0.25, 0.3) is 11.1 Å². The van der Waals surface area contributed by atoms with Crippen LogP contribution in [-0.4, -0.2) is 83.4 Å². The van der Waals surface area contributed by atoms with Crippen LogP contribution in [0.1, 0.15) is 41.1 Å². The summed E-state index contributed by atoms with van der Waals surface area (Å²) in [6.45, 7) is 0.560. The van der Waals surface area contributed by atoms with Crippen LogP contribution in [-0.2, 0) is 9.59 Å². The molecule has 3 atom stereocenters. The third kappa shape index (κ3) is 4.09. The zero-order valence-electron chi connectivity index (χ0n) is 19.7. The van der Waals surface area contributed by atoms with Crippen LogP contribution in [0.15, 0.2) is 48.5 Å². The molecule has 2 aromatic carbocycles. The fraction of sp³-hybridized carbons (Fsp3) is 0.444. The molecule has 3 amide bonds. The van der Waals surface area contributed by atoms with Gasteiger partial charge in [-0.2, -0.15) is 0 Å². The smallest absolute Gasteiger partial charge is 0.253 e. The normalized spacial score (nSPS) is 23.9. The molecule has 0 aromatic heterocycles. The summed E-state index contributed by atoms with van der Waals surface area (Å²) in [6.07, 6.45) is 2.76. The Morgan fingerprint density at radius 1 is 1.00 bits per heavy atom. The lowest BCUT2D eigenvalue weighted by Crippen LogP contribution is -2.73. The molecule has 0 unspecified atom stereocenters. The fourth-order valence-corrected chi connectivity index (χ4v) is 5.35. The number of hydrogen-bond donors (Lipinski definition) is 1. The van der Waals surface area contributed by atoms with Gasteiger partial charge < -0.3 is 19.8 Å². The lowest BCUT2D eigenvalue weighted by atomic mass is 9.73. The maximum Gasteiger partial charge on any atom is 0.253 e. The molecule has 1 N–H and O–H groups in total. The van der Waals surface area contributed by atoms with Crippen LogP contribution in [0.3, 0.4) is 0 Å². The van der Waals surface area contributed by atoms with Crippen molar-refractivity contribution in [2.24, 2.45) is 5.92 Å². The molecule has 0 spiro atoms. The average Bonchev–Trinajstić information content (AvgIpc) is 3.64. The molecule has 3 aliphatic rings. The summed E-state index contributed by atoms with van der Waals surface area (Å²) in [7, 11) is 3.47. The minimum Gasteiger partial charge on any atom is -0.394 e. The number of nitrogens with zero attached hydrogens (tertiary/aromatic N) is 3. The van der Waals surface area contributed by atoms with E-state index in [1.165, 1.54) is 0 Å². The SMILES string of the molecule is CN(C)C(=O)c1ccc(-c2ccc([C@H]3[C@@H](CO)N4C(=O)CN(C(=O)CC5CC5)C[C@@H]34)cc2)cc1. The first-order valence-corrected chi connectivity index (χ1v) is 12.0. The maximum absolute atomic E-state index is 12.8. The highest BCUT2D eigenvalue weighted by Crippen LogP contribution is 2.43. The van der Waals surface area contributed by atoms with Crippen molar-refractivity contribution in [3.8, 4) is 11.1 Å². The number of piperazine rings is 1. The van der Waals surface area contributed by atoms with Gasteiger partial charge in [0.2, 0.25) is 11.8 Å². The second-order valence-electron chi connectivity index (χ2n) is 9.96. The number of hydrogen-bond acceptors (Lipinski definition) is 4. The number of benzene rings is 2. The summed E-state index contributed by atoms with van der Waals surface area (Å²) in [5.74, 6) is 0.469. The lowest BCUT2D eigenvalue weighted by molar-refractivity contribution is -0.167. The van der Waals surface area contributed by atoms with E-state index in [0.29, 0.717) is 24.4 Å². The Bertz CT molecular complexity index is 1090. The third-order valence-corrected chi connectivity index (χ3v) is 7.43. The van der Waals surface area contributed by atoms with E-state index < -0.39 is 0 Å². The van der Waals surface area contributed by atoms with Crippen molar-refractivity contribution in [1.29, 1.82) is 0 Å². The Kier molecular flexibility index (Phi) is 5.90. The molecule has 2 aromatic rings. The van der Waals surface area contributed by atoms with Gasteiger partial charge in [0.05, 0.1) is 25.2 Å². The van der Waals surface area contributed by atoms with Crippen LogP contribution in [0.2, 0.25) is 0 Å². The summed E-state index contributed by atoms with van der Waals surface area (Å²) in [5.41, 5.74) is 3.76. The van der Waals surface area contributed by atoms with E-state index in [4.69, 9.17) is 0 Å². The molecule has 2 aliphatic heterocycles. The number of amides is 3. The molecule has 7 nitrogen and oxygen atoms in total. The quantitative estimate of drug-likeness (QED) is 0.716. The topological polar surface area (TPSA) is 81.2 Å². The van der Waals surface area contributed by atoms with Crippen molar-refractivity contribution in [3.05, 3.63) is 59.7 Å². The van der Waals surface area contributed by atoms with Crippen molar-refractivity contribution in [2.75, 3.05) is 33.8 Å². The summed E-state index contributed by atoms with van der Waals surface area (Å²) < 4.78 is 0. The van der Waals surface area contributed by atoms with E-state index in [-0.39, 0.29) is 48.9 Å². The molecule has 1 aliphatic carbocycles. The van der Waals surface area contributed by atoms with Gasteiger partial charge in [-0.15, -0.1) is 0 Å². The summed E-state index contributed by atoms with van der Waals surface area (Å²) in [5, 5.41) is 10.0. The zero-order chi connectivity index (χ0) is 24.0. The number of carbonyl (C=O) groups excluding carboxylic acids is 3. The first-order chi connectivity index (χ1) is 16.4. The van der Waals surface area contributed by atoms with Crippen LogP contribution in [0.4, 0.5) is 0 Å². The summed E-state index contributed by atoms with van der Waals surface area (Å²) in [6, 6.07) is 15.4. The van der Waals surface area contributed by atoms with Crippen molar-refractivity contribution in [3.63, 3.8) is 0 Å². The Hall–Kier alpha value is -3.19. The van der Waals surface area contributed by atoms with E-state index in [1.807, 2.05) is 48.5 Å². The Morgan fingerprint density at radius 2 is 1.62 bits per heavy atom. The van der Waals surface area contributed by atoms with E-state index in [0.717, 1.165) is 29.5 Å². The van der Waals surface area contributed by atoms with Gasteiger partial charge in [-0.05, 0) is 47.6 Å². The van der Waals surface area contributed by atoms with Gasteiger partial charge in [0.15, 0.2) is 0 Å². The number of carbonyl (C=O) groups is 3. The van der Waals surface area contributed by atoms with Crippen molar-refractivity contribution in [2.45, 2.75) is 37.3 Å². The van der Waals surface area contributed by atoms with Crippen LogP contribution in [0.5, 0.6) is 0 Å². The van der Waals surface area contributed by atoms with Crippen LogP contribution >= 0.6 is 0 Å². The molecule has 1 saturated carbocycles.